The predicted octanol–water partition coefficient (Wildman–Crippen LogP) is 3.10. The summed E-state index contributed by atoms with van der Waals surface area (Å²) < 4.78 is 10.7. The lowest BCUT2D eigenvalue weighted by molar-refractivity contribution is 0.00844. The number of hydrogen-bond acceptors (Lipinski definition) is 3. The molecule has 0 spiro atoms. The Labute approximate surface area is 119 Å². The molecule has 0 atom stereocenters. The fraction of sp³-hybridized carbons (Fsp3) is 0.562. The molecule has 0 saturated carbocycles. The SMILES string of the molecule is CC(C)(C)OC(=O)N1CCc2ccc(C3COC3)cc21. The summed E-state index contributed by atoms with van der Waals surface area (Å²) in [5, 5.41) is 0. The summed E-state index contributed by atoms with van der Waals surface area (Å²) in [6.45, 7) is 7.95. The van der Waals surface area contributed by atoms with Gasteiger partial charge in [-0.05, 0) is 44.4 Å². The lowest BCUT2D eigenvalue weighted by Crippen LogP contribution is -2.35. The smallest absolute Gasteiger partial charge is 0.414 e. The van der Waals surface area contributed by atoms with Gasteiger partial charge in [0.05, 0.1) is 18.9 Å². The summed E-state index contributed by atoms with van der Waals surface area (Å²) in [6, 6.07) is 6.41. The number of nitrogens with zero attached hydrogens (tertiary/aromatic N) is 1. The quantitative estimate of drug-likeness (QED) is 0.790. The van der Waals surface area contributed by atoms with Crippen molar-refractivity contribution < 1.29 is 14.3 Å². The summed E-state index contributed by atoms with van der Waals surface area (Å²) in [6.07, 6.45) is 0.647. The van der Waals surface area contributed by atoms with E-state index in [0.717, 1.165) is 25.3 Å². The second kappa shape index (κ2) is 4.77. The molecule has 2 heterocycles. The first-order valence-corrected chi connectivity index (χ1v) is 7.15. The van der Waals surface area contributed by atoms with Crippen molar-refractivity contribution in [2.24, 2.45) is 0 Å². The van der Waals surface area contributed by atoms with Crippen LogP contribution in [-0.4, -0.2) is 31.5 Å². The molecule has 1 fully saturated rings. The van der Waals surface area contributed by atoms with Gasteiger partial charge in [0.15, 0.2) is 0 Å². The molecule has 20 heavy (non-hydrogen) atoms. The predicted molar refractivity (Wildman–Crippen MR) is 77.3 cm³/mol. The third-order valence-corrected chi connectivity index (χ3v) is 3.73. The third-order valence-electron chi connectivity index (χ3n) is 3.73. The Kier molecular flexibility index (Phi) is 3.21. The van der Waals surface area contributed by atoms with Crippen molar-refractivity contribution in [3.05, 3.63) is 29.3 Å². The van der Waals surface area contributed by atoms with Crippen LogP contribution in [0.5, 0.6) is 0 Å². The Morgan fingerprint density at radius 2 is 2.10 bits per heavy atom. The van der Waals surface area contributed by atoms with Crippen LogP contribution in [0.25, 0.3) is 0 Å². The van der Waals surface area contributed by atoms with Crippen LogP contribution in [0, 0.1) is 0 Å². The summed E-state index contributed by atoms with van der Waals surface area (Å²) in [5.74, 6) is 0.474. The Balaban J connectivity index is 1.82. The lowest BCUT2D eigenvalue weighted by Gasteiger charge is -2.28. The molecule has 4 heteroatoms. The van der Waals surface area contributed by atoms with Gasteiger partial charge in [-0.25, -0.2) is 4.79 Å². The fourth-order valence-corrected chi connectivity index (χ4v) is 2.59. The van der Waals surface area contributed by atoms with Gasteiger partial charge in [0.1, 0.15) is 5.60 Å². The molecule has 1 aromatic rings. The fourth-order valence-electron chi connectivity index (χ4n) is 2.59. The monoisotopic (exact) mass is 275 g/mol. The third kappa shape index (κ3) is 2.52. The first-order chi connectivity index (χ1) is 9.44. The van der Waals surface area contributed by atoms with E-state index in [1.54, 1.807) is 4.90 Å². The Morgan fingerprint density at radius 1 is 1.35 bits per heavy atom. The molecule has 0 N–H and O–H groups in total. The van der Waals surface area contributed by atoms with E-state index >= 15 is 0 Å². The average molecular weight is 275 g/mol. The number of hydrogen-bond donors (Lipinski definition) is 0. The summed E-state index contributed by atoms with van der Waals surface area (Å²) in [4.78, 5) is 14.0. The highest BCUT2D eigenvalue weighted by Gasteiger charge is 2.30. The van der Waals surface area contributed by atoms with E-state index in [2.05, 4.69) is 18.2 Å². The molecule has 4 nitrogen and oxygen atoms in total. The minimum Gasteiger partial charge on any atom is -0.443 e. The Morgan fingerprint density at radius 3 is 2.70 bits per heavy atom. The molecule has 0 bridgehead atoms. The van der Waals surface area contributed by atoms with Gasteiger partial charge in [-0.15, -0.1) is 0 Å². The maximum Gasteiger partial charge on any atom is 0.414 e. The van der Waals surface area contributed by atoms with Crippen molar-refractivity contribution in [2.45, 2.75) is 38.7 Å². The molecule has 1 amide bonds. The lowest BCUT2D eigenvalue weighted by atomic mass is 9.96. The van der Waals surface area contributed by atoms with Crippen LogP contribution in [0.4, 0.5) is 10.5 Å². The van der Waals surface area contributed by atoms with Gasteiger partial charge < -0.3 is 9.47 Å². The van der Waals surface area contributed by atoms with E-state index < -0.39 is 5.60 Å². The molecule has 0 radical (unpaired) electrons. The molecule has 108 valence electrons. The zero-order valence-electron chi connectivity index (χ0n) is 12.3. The van der Waals surface area contributed by atoms with Crippen molar-refractivity contribution >= 4 is 11.8 Å². The van der Waals surface area contributed by atoms with Gasteiger partial charge in [-0.2, -0.15) is 0 Å². The van der Waals surface area contributed by atoms with Crippen LogP contribution in [0.15, 0.2) is 18.2 Å². The number of carbonyl (C=O) groups excluding carboxylic acids is 1. The van der Waals surface area contributed by atoms with Crippen molar-refractivity contribution in [3.63, 3.8) is 0 Å². The molecule has 1 aromatic carbocycles. The molecule has 2 aliphatic heterocycles. The normalized spacial score (nSPS) is 18.6. The minimum absolute atomic E-state index is 0.252. The molecule has 3 rings (SSSR count). The second-order valence-electron chi connectivity index (χ2n) is 6.50. The summed E-state index contributed by atoms with van der Waals surface area (Å²) in [7, 11) is 0. The number of benzene rings is 1. The summed E-state index contributed by atoms with van der Waals surface area (Å²) in [5.41, 5.74) is 3.02. The minimum atomic E-state index is -0.459. The standard InChI is InChI=1S/C16H21NO3/c1-16(2,3)20-15(18)17-7-6-11-4-5-12(8-14(11)17)13-9-19-10-13/h4-5,8,13H,6-7,9-10H2,1-3H3. The average Bonchev–Trinajstić information content (AvgIpc) is 2.67. The van der Waals surface area contributed by atoms with E-state index in [0.29, 0.717) is 12.5 Å². The van der Waals surface area contributed by atoms with Crippen LogP contribution in [0.2, 0.25) is 0 Å². The van der Waals surface area contributed by atoms with Crippen LogP contribution in [-0.2, 0) is 15.9 Å². The number of amides is 1. The van der Waals surface area contributed by atoms with E-state index in [1.165, 1.54) is 11.1 Å². The molecule has 1 saturated heterocycles. The first-order valence-electron chi connectivity index (χ1n) is 7.15. The van der Waals surface area contributed by atoms with Gasteiger partial charge in [-0.1, -0.05) is 12.1 Å². The second-order valence-corrected chi connectivity index (χ2v) is 6.50. The van der Waals surface area contributed by atoms with E-state index in [-0.39, 0.29) is 6.09 Å². The molecule has 0 aromatic heterocycles. The van der Waals surface area contributed by atoms with Crippen LogP contribution >= 0.6 is 0 Å². The molecular formula is C16H21NO3. The Bertz CT molecular complexity index is 529. The topological polar surface area (TPSA) is 38.8 Å². The summed E-state index contributed by atoms with van der Waals surface area (Å²) >= 11 is 0. The highest BCUT2D eigenvalue weighted by Crippen LogP contribution is 2.34. The van der Waals surface area contributed by atoms with Crippen molar-refractivity contribution in [1.29, 1.82) is 0 Å². The maximum atomic E-state index is 12.3. The largest absolute Gasteiger partial charge is 0.443 e. The van der Waals surface area contributed by atoms with E-state index in [1.807, 2.05) is 20.8 Å². The van der Waals surface area contributed by atoms with Gasteiger partial charge in [0.2, 0.25) is 0 Å². The van der Waals surface area contributed by atoms with E-state index in [4.69, 9.17) is 9.47 Å². The van der Waals surface area contributed by atoms with Crippen molar-refractivity contribution in [3.8, 4) is 0 Å². The highest BCUT2D eigenvalue weighted by molar-refractivity contribution is 5.90. The van der Waals surface area contributed by atoms with Gasteiger partial charge >= 0.3 is 6.09 Å². The molecule has 0 aliphatic carbocycles. The molecular weight excluding hydrogens is 254 g/mol. The van der Waals surface area contributed by atoms with E-state index in [9.17, 15) is 4.79 Å². The number of anilines is 1. The zero-order chi connectivity index (χ0) is 14.3. The van der Waals surface area contributed by atoms with Gasteiger partial charge in [0, 0.05) is 12.5 Å². The highest BCUT2D eigenvalue weighted by atomic mass is 16.6. The number of ether oxygens (including phenoxy) is 2. The maximum absolute atomic E-state index is 12.3. The van der Waals surface area contributed by atoms with Gasteiger partial charge in [-0.3, -0.25) is 4.90 Å². The molecule has 2 aliphatic rings. The number of carbonyl (C=O) groups is 1. The zero-order valence-corrected chi connectivity index (χ0v) is 12.3. The van der Waals surface area contributed by atoms with Crippen molar-refractivity contribution in [2.75, 3.05) is 24.7 Å². The molecule has 0 unspecified atom stereocenters. The number of rotatable bonds is 1. The first kappa shape index (κ1) is 13.4. The van der Waals surface area contributed by atoms with Crippen molar-refractivity contribution in [1.82, 2.24) is 0 Å². The Hall–Kier alpha value is -1.55. The van der Waals surface area contributed by atoms with Crippen LogP contribution < -0.4 is 4.90 Å². The number of fused-ring (bicyclic) bond motifs is 1. The van der Waals surface area contributed by atoms with Crippen LogP contribution in [0.3, 0.4) is 0 Å². The van der Waals surface area contributed by atoms with Crippen LogP contribution in [0.1, 0.15) is 37.8 Å². The van der Waals surface area contributed by atoms with Gasteiger partial charge in [0.25, 0.3) is 0 Å².